The Labute approximate surface area is 77.2 Å². The molecule has 0 aromatic rings. The molecule has 1 nitrogen and oxygen atoms in total. The molecule has 0 bridgehead atoms. The first-order chi connectivity index (χ1) is 5.45. The van der Waals surface area contributed by atoms with E-state index in [-0.39, 0.29) is 5.54 Å². The average Bonchev–Trinajstić information content (AvgIpc) is 2.03. The number of hydrogen-bond acceptors (Lipinski definition) is 1. The van der Waals surface area contributed by atoms with Gasteiger partial charge in [0.15, 0.2) is 0 Å². The van der Waals surface area contributed by atoms with E-state index in [1.807, 2.05) is 7.05 Å². The van der Waals surface area contributed by atoms with Crippen LogP contribution < -0.4 is 5.32 Å². The molecule has 0 heterocycles. The van der Waals surface area contributed by atoms with Crippen LogP contribution in [-0.4, -0.2) is 12.6 Å². The predicted molar refractivity (Wildman–Crippen MR) is 56.4 cm³/mol. The first-order valence-electron chi connectivity index (χ1n) is 4.83. The molecule has 72 valence electrons. The van der Waals surface area contributed by atoms with Crippen molar-refractivity contribution in [3.05, 3.63) is 12.2 Å². The lowest BCUT2D eigenvalue weighted by molar-refractivity contribution is 0.429. The van der Waals surface area contributed by atoms with Crippen LogP contribution in [0.15, 0.2) is 12.2 Å². The van der Waals surface area contributed by atoms with E-state index in [4.69, 9.17) is 0 Å². The molecule has 0 saturated carbocycles. The zero-order valence-corrected chi connectivity index (χ0v) is 9.20. The summed E-state index contributed by atoms with van der Waals surface area (Å²) in [5.41, 5.74) is 1.39. The molecule has 0 saturated heterocycles. The highest BCUT2D eigenvalue weighted by atomic mass is 14.9. The van der Waals surface area contributed by atoms with Gasteiger partial charge in [-0.05, 0) is 33.2 Å². The Balaban J connectivity index is 4.18. The largest absolute Gasteiger partial charge is 0.311 e. The van der Waals surface area contributed by atoms with E-state index < -0.39 is 0 Å². The molecule has 0 aliphatic heterocycles. The molecule has 0 aromatic carbocycles. The molecular formula is C11H23N. The summed E-state index contributed by atoms with van der Waals surface area (Å²) in [6.45, 7) is 13.0. The van der Waals surface area contributed by atoms with Crippen LogP contribution in [0.2, 0.25) is 0 Å². The van der Waals surface area contributed by atoms with E-state index in [0.717, 1.165) is 0 Å². The van der Waals surface area contributed by atoms with Gasteiger partial charge in [-0.15, -0.1) is 0 Å². The minimum atomic E-state index is 0.0780. The Morgan fingerprint density at radius 3 is 2.33 bits per heavy atom. The summed E-state index contributed by atoms with van der Waals surface area (Å²) in [6.07, 6.45) is 2.48. The molecule has 0 aliphatic carbocycles. The smallest absolute Gasteiger partial charge is 0.0334 e. The number of nitrogens with one attached hydrogen (secondary N) is 1. The van der Waals surface area contributed by atoms with Crippen LogP contribution >= 0.6 is 0 Å². The molecule has 1 unspecified atom stereocenters. The second-order valence-corrected chi connectivity index (χ2v) is 4.09. The van der Waals surface area contributed by atoms with Crippen LogP contribution in [0.3, 0.4) is 0 Å². The molecule has 0 rings (SSSR count). The molecular weight excluding hydrogens is 146 g/mol. The van der Waals surface area contributed by atoms with Crippen molar-refractivity contribution in [3.63, 3.8) is 0 Å². The van der Waals surface area contributed by atoms with Gasteiger partial charge in [0.05, 0.1) is 0 Å². The Morgan fingerprint density at radius 2 is 2.00 bits per heavy atom. The standard InChI is InChI=1S/C11H23N/c1-7-8-9(2)10(3)11(4,5)12-6/h9,12H,3,7-8H2,1-2,4-6H3. The third-order valence-electron chi connectivity index (χ3n) is 2.74. The average molecular weight is 169 g/mol. The van der Waals surface area contributed by atoms with Crippen LogP contribution in [0.1, 0.15) is 40.5 Å². The molecule has 0 aliphatic rings. The molecule has 1 atom stereocenters. The normalized spacial score (nSPS) is 14.4. The zero-order chi connectivity index (χ0) is 9.78. The Bertz CT molecular complexity index is 147. The molecule has 0 fully saturated rings. The number of likely N-dealkylation sites (N-methyl/N-ethyl adjacent to an activating group) is 1. The molecule has 12 heavy (non-hydrogen) atoms. The number of rotatable bonds is 5. The van der Waals surface area contributed by atoms with Crippen LogP contribution in [0.4, 0.5) is 0 Å². The van der Waals surface area contributed by atoms with Gasteiger partial charge in [0, 0.05) is 5.54 Å². The topological polar surface area (TPSA) is 12.0 Å². The second kappa shape index (κ2) is 4.66. The first kappa shape index (κ1) is 11.7. The van der Waals surface area contributed by atoms with E-state index in [2.05, 4.69) is 39.6 Å². The van der Waals surface area contributed by atoms with Gasteiger partial charge in [-0.25, -0.2) is 0 Å². The van der Waals surface area contributed by atoms with Gasteiger partial charge in [-0.3, -0.25) is 0 Å². The van der Waals surface area contributed by atoms with Gasteiger partial charge < -0.3 is 5.32 Å². The zero-order valence-electron chi connectivity index (χ0n) is 9.20. The molecule has 0 spiro atoms. The summed E-state index contributed by atoms with van der Waals surface area (Å²) in [6, 6.07) is 0. The van der Waals surface area contributed by atoms with Crippen molar-refractivity contribution in [1.82, 2.24) is 5.32 Å². The Hall–Kier alpha value is -0.300. The lowest BCUT2D eigenvalue weighted by Gasteiger charge is -2.31. The van der Waals surface area contributed by atoms with Gasteiger partial charge in [0.25, 0.3) is 0 Å². The van der Waals surface area contributed by atoms with E-state index in [1.165, 1.54) is 18.4 Å². The summed E-state index contributed by atoms with van der Waals surface area (Å²) in [4.78, 5) is 0. The van der Waals surface area contributed by atoms with Gasteiger partial charge in [0.2, 0.25) is 0 Å². The Morgan fingerprint density at radius 1 is 1.50 bits per heavy atom. The van der Waals surface area contributed by atoms with Gasteiger partial charge in [-0.2, -0.15) is 0 Å². The first-order valence-corrected chi connectivity index (χ1v) is 4.83. The Kier molecular flexibility index (Phi) is 4.54. The monoisotopic (exact) mass is 169 g/mol. The van der Waals surface area contributed by atoms with Crippen molar-refractivity contribution in [3.8, 4) is 0 Å². The highest BCUT2D eigenvalue weighted by Gasteiger charge is 2.22. The van der Waals surface area contributed by atoms with Gasteiger partial charge in [-0.1, -0.05) is 32.4 Å². The van der Waals surface area contributed by atoms with Crippen molar-refractivity contribution in [2.24, 2.45) is 5.92 Å². The van der Waals surface area contributed by atoms with Gasteiger partial charge >= 0.3 is 0 Å². The quantitative estimate of drug-likeness (QED) is 0.624. The maximum atomic E-state index is 4.15. The van der Waals surface area contributed by atoms with Crippen molar-refractivity contribution >= 4 is 0 Å². The van der Waals surface area contributed by atoms with Crippen molar-refractivity contribution in [1.29, 1.82) is 0 Å². The highest BCUT2D eigenvalue weighted by Crippen LogP contribution is 2.24. The maximum absolute atomic E-state index is 4.15. The molecule has 0 radical (unpaired) electrons. The summed E-state index contributed by atoms with van der Waals surface area (Å²) in [7, 11) is 1.99. The molecule has 0 aromatic heterocycles. The van der Waals surface area contributed by atoms with Crippen molar-refractivity contribution < 1.29 is 0 Å². The third-order valence-corrected chi connectivity index (χ3v) is 2.74. The SMILES string of the molecule is C=C(C(C)CCC)C(C)(C)NC. The van der Waals surface area contributed by atoms with Crippen LogP contribution in [-0.2, 0) is 0 Å². The maximum Gasteiger partial charge on any atom is 0.0334 e. The van der Waals surface area contributed by atoms with Crippen LogP contribution in [0.25, 0.3) is 0 Å². The van der Waals surface area contributed by atoms with Crippen molar-refractivity contribution in [2.45, 2.75) is 46.1 Å². The molecule has 0 amide bonds. The fourth-order valence-corrected chi connectivity index (χ4v) is 1.38. The predicted octanol–water partition coefficient (Wildman–Crippen LogP) is 2.98. The lowest BCUT2D eigenvalue weighted by atomic mass is 9.84. The minimum absolute atomic E-state index is 0.0780. The fraction of sp³-hybridized carbons (Fsp3) is 0.818. The summed E-state index contributed by atoms with van der Waals surface area (Å²) in [5, 5.41) is 3.28. The molecule has 1 N–H and O–H groups in total. The minimum Gasteiger partial charge on any atom is -0.311 e. The molecule has 1 heteroatoms. The van der Waals surface area contributed by atoms with Crippen LogP contribution in [0, 0.1) is 5.92 Å². The second-order valence-electron chi connectivity index (χ2n) is 4.09. The summed E-state index contributed by atoms with van der Waals surface area (Å²) < 4.78 is 0. The van der Waals surface area contributed by atoms with Gasteiger partial charge in [0.1, 0.15) is 0 Å². The van der Waals surface area contributed by atoms with E-state index in [9.17, 15) is 0 Å². The number of hydrogen-bond donors (Lipinski definition) is 1. The summed E-state index contributed by atoms with van der Waals surface area (Å²) in [5.74, 6) is 0.623. The fourth-order valence-electron chi connectivity index (χ4n) is 1.38. The van der Waals surface area contributed by atoms with Crippen molar-refractivity contribution in [2.75, 3.05) is 7.05 Å². The lowest BCUT2D eigenvalue weighted by Crippen LogP contribution is -2.39. The highest BCUT2D eigenvalue weighted by molar-refractivity contribution is 5.15. The van der Waals surface area contributed by atoms with Crippen LogP contribution in [0.5, 0.6) is 0 Å². The van der Waals surface area contributed by atoms with E-state index in [0.29, 0.717) is 5.92 Å². The summed E-state index contributed by atoms with van der Waals surface area (Å²) >= 11 is 0. The van der Waals surface area contributed by atoms with E-state index >= 15 is 0 Å². The van der Waals surface area contributed by atoms with E-state index in [1.54, 1.807) is 0 Å². The third kappa shape index (κ3) is 2.98.